The Morgan fingerprint density at radius 2 is 0.805 bits per heavy atom. The first kappa shape index (κ1) is 57.5. The molecule has 1 amide bonds. The Balaban J connectivity index is 1.09. The number of esters is 4. The zero-order valence-electron chi connectivity index (χ0n) is 43.7. The SMILES string of the molecule is O=C(O[C@H]1[C@@H](OC(=O)[C@@H](NC(=S)Nc2ccccc2)c2ccccc2)[C@@H](COC(=O)[C@@H](NC(=O)[C@@H](NC(=S)Nc2ccccc2)c2ccccc2)c2ccccc2)O[C@@H](Sc2ccccc2)[C@@H]1OC(=O)c1ccccc1)c1ccccc1. The predicted octanol–water partition coefficient (Wildman–Crippen LogP) is 10.7. The van der Waals surface area contributed by atoms with Gasteiger partial charge in [0.1, 0.15) is 24.2 Å². The van der Waals surface area contributed by atoms with Crippen LogP contribution in [0.4, 0.5) is 11.4 Å². The maximum absolute atomic E-state index is 15.2. The summed E-state index contributed by atoms with van der Waals surface area (Å²) in [5.74, 6) is -4.15. The number of para-hydroxylation sites is 2. The third-order valence-electron chi connectivity index (χ3n) is 12.8. The Morgan fingerprint density at radius 1 is 0.427 bits per heavy atom. The molecule has 82 heavy (non-hydrogen) atoms. The summed E-state index contributed by atoms with van der Waals surface area (Å²) in [4.78, 5) is 74.3. The van der Waals surface area contributed by atoms with Gasteiger partial charge in [0.2, 0.25) is 5.91 Å². The van der Waals surface area contributed by atoms with Crippen LogP contribution in [0.3, 0.4) is 0 Å². The van der Waals surface area contributed by atoms with Gasteiger partial charge >= 0.3 is 23.9 Å². The molecule has 1 heterocycles. The fourth-order valence-corrected chi connectivity index (χ4v) is 10.4. The van der Waals surface area contributed by atoms with E-state index >= 15 is 4.79 Å². The molecule has 8 aromatic carbocycles. The predicted molar refractivity (Wildman–Crippen MR) is 320 cm³/mol. The summed E-state index contributed by atoms with van der Waals surface area (Å²) in [5, 5.41) is 15.5. The van der Waals surface area contributed by atoms with E-state index in [1.165, 1.54) is 0 Å². The Kier molecular flexibility index (Phi) is 20.2. The zero-order valence-corrected chi connectivity index (χ0v) is 46.2. The number of rotatable bonds is 20. The van der Waals surface area contributed by atoms with E-state index in [0.717, 1.165) is 11.8 Å². The minimum atomic E-state index is -1.69. The van der Waals surface area contributed by atoms with Crippen molar-refractivity contribution in [2.24, 2.45) is 0 Å². The first-order chi connectivity index (χ1) is 40.1. The molecule has 1 aliphatic rings. The molecule has 0 bridgehead atoms. The summed E-state index contributed by atoms with van der Waals surface area (Å²) in [6, 6.07) is 65.8. The van der Waals surface area contributed by atoms with Gasteiger partial charge in [-0.2, -0.15) is 0 Å². The fraction of sp³-hybridized carbons (Fsp3) is 0.141. The van der Waals surface area contributed by atoms with Gasteiger partial charge in [-0.25, -0.2) is 19.2 Å². The first-order valence-corrected chi connectivity index (χ1v) is 27.7. The maximum atomic E-state index is 15.2. The second-order valence-electron chi connectivity index (χ2n) is 18.4. The Hall–Kier alpha value is -9.20. The number of carbonyl (C=O) groups excluding carboxylic acids is 5. The van der Waals surface area contributed by atoms with Crippen molar-refractivity contribution in [3.8, 4) is 0 Å². The van der Waals surface area contributed by atoms with E-state index in [9.17, 15) is 19.2 Å². The molecule has 0 spiro atoms. The van der Waals surface area contributed by atoms with Crippen molar-refractivity contribution in [2.45, 2.75) is 52.9 Å². The minimum absolute atomic E-state index is 0.0661. The molecular formula is C64H55N5O10S3. The van der Waals surface area contributed by atoms with Crippen LogP contribution in [0, 0.1) is 0 Å². The van der Waals surface area contributed by atoms with Crippen molar-refractivity contribution < 1.29 is 47.7 Å². The highest BCUT2D eigenvalue weighted by Gasteiger charge is 2.54. The van der Waals surface area contributed by atoms with E-state index in [-0.39, 0.29) is 21.4 Å². The molecule has 0 saturated carbocycles. The quantitative estimate of drug-likeness (QED) is 0.0275. The van der Waals surface area contributed by atoms with Crippen LogP contribution in [0.25, 0.3) is 0 Å². The van der Waals surface area contributed by atoms with Crippen LogP contribution >= 0.6 is 36.2 Å². The van der Waals surface area contributed by atoms with Crippen molar-refractivity contribution in [1.82, 2.24) is 16.0 Å². The highest BCUT2D eigenvalue weighted by molar-refractivity contribution is 7.99. The standard InChI is InChI=1S/C64H55N5O10S3/c70-57(51(42-25-9-1-10-26-42)68-63(80)65-47-35-19-6-20-36-47)67-52(43-27-11-2-12-28-43)60(73)75-41-50-54(77-61(74)53(44-29-13-3-14-30-44)69-64(81)66-48-37-21-7-22-38-48)55(78-58(71)45-31-15-4-16-32-45)56(79-59(72)46-33-17-5-18-34-46)62(76-50)82-49-39-23-8-24-40-49/h1-40,50-56,62H,41H2,(H,67,70)(H2,65,68,80)(H2,66,69,81)/t50-,51+,52+,53+,54+,55+,56-,62+/m1/s1. The molecule has 1 saturated heterocycles. The number of thioether (sulfide) groups is 1. The highest BCUT2D eigenvalue weighted by Crippen LogP contribution is 2.39. The number of hydrogen-bond donors (Lipinski definition) is 5. The van der Waals surface area contributed by atoms with Gasteiger partial charge in [0.15, 0.2) is 40.6 Å². The van der Waals surface area contributed by atoms with E-state index in [1.807, 2.05) is 84.9 Å². The molecule has 18 heteroatoms. The molecule has 1 aliphatic heterocycles. The van der Waals surface area contributed by atoms with Crippen LogP contribution in [-0.2, 0) is 38.1 Å². The summed E-state index contributed by atoms with van der Waals surface area (Å²) in [7, 11) is 0. The number of amides is 1. The minimum Gasteiger partial charge on any atom is -0.461 e. The third kappa shape index (κ3) is 15.8. The summed E-state index contributed by atoms with van der Waals surface area (Å²) in [6.45, 7) is -0.663. The van der Waals surface area contributed by atoms with Crippen LogP contribution < -0.4 is 26.6 Å². The molecule has 0 unspecified atom stereocenters. The Labute approximate surface area is 489 Å². The molecule has 414 valence electrons. The molecular weight excluding hydrogens is 1090 g/mol. The van der Waals surface area contributed by atoms with Gasteiger partial charge in [0, 0.05) is 16.3 Å². The lowest BCUT2D eigenvalue weighted by molar-refractivity contribution is -0.225. The van der Waals surface area contributed by atoms with Crippen molar-refractivity contribution in [3.05, 3.63) is 270 Å². The third-order valence-corrected chi connectivity index (χ3v) is 14.4. The van der Waals surface area contributed by atoms with Crippen molar-refractivity contribution in [2.75, 3.05) is 17.2 Å². The average molecular weight is 1150 g/mol. The summed E-state index contributed by atoms with van der Waals surface area (Å²) >= 11 is 12.6. The molecule has 9 rings (SSSR count). The van der Waals surface area contributed by atoms with Gasteiger partial charge in [0.05, 0.1) is 11.1 Å². The number of ether oxygens (including phenoxy) is 5. The monoisotopic (exact) mass is 1150 g/mol. The van der Waals surface area contributed by atoms with E-state index < -0.39 is 84.4 Å². The van der Waals surface area contributed by atoms with Crippen molar-refractivity contribution in [1.29, 1.82) is 0 Å². The molecule has 5 N–H and O–H groups in total. The van der Waals surface area contributed by atoms with Crippen molar-refractivity contribution in [3.63, 3.8) is 0 Å². The summed E-state index contributed by atoms with van der Waals surface area (Å²) in [6.07, 6.45) is -6.30. The van der Waals surface area contributed by atoms with Gasteiger partial charge in [-0.05, 0) is 102 Å². The van der Waals surface area contributed by atoms with Gasteiger partial charge < -0.3 is 50.3 Å². The first-order valence-electron chi connectivity index (χ1n) is 26.0. The highest BCUT2D eigenvalue weighted by atomic mass is 32.2. The summed E-state index contributed by atoms with van der Waals surface area (Å²) in [5.41, 5.74) is 1.75. The normalized spacial score (nSPS) is 17.4. The van der Waals surface area contributed by atoms with E-state index in [4.69, 9.17) is 48.1 Å². The fourth-order valence-electron chi connectivity index (χ4n) is 8.78. The lowest BCUT2D eigenvalue weighted by Crippen LogP contribution is -2.62. The molecule has 8 aromatic rings. The number of hydrogen-bond acceptors (Lipinski definition) is 13. The number of thiocarbonyl (C=S) groups is 2. The summed E-state index contributed by atoms with van der Waals surface area (Å²) < 4.78 is 32.5. The van der Waals surface area contributed by atoms with Crippen LogP contribution in [0.1, 0.15) is 55.5 Å². The molecule has 8 atom stereocenters. The van der Waals surface area contributed by atoms with E-state index in [0.29, 0.717) is 33.0 Å². The number of carbonyl (C=O) groups is 5. The zero-order chi connectivity index (χ0) is 57.0. The van der Waals surface area contributed by atoms with Gasteiger partial charge in [0.25, 0.3) is 0 Å². The lowest BCUT2D eigenvalue weighted by Gasteiger charge is -2.44. The largest absolute Gasteiger partial charge is 0.461 e. The molecule has 0 aromatic heterocycles. The Morgan fingerprint density at radius 3 is 1.27 bits per heavy atom. The number of benzene rings is 8. The molecule has 0 aliphatic carbocycles. The molecule has 15 nitrogen and oxygen atoms in total. The van der Waals surface area contributed by atoms with Crippen molar-refractivity contribution >= 4 is 87.6 Å². The lowest BCUT2D eigenvalue weighted by atomic mass is 9.98. The molecule has 1 fully saturated rings. The smallest absolute Gasteiger partial charge is 0.338 e. The van der Waals surface area contributed by atoms with Crippen LogP contribution in [-0.4, -0.2) is 76.5 Å². The maximum Gasteiger partial charge on any atom is 0.338 e. The topological polar surface area (TPSA) is 192 Å². The van der Waals surface area contributed by atoms with Gasteiger partial charge in [-0.1, -0.05) is 194 Å². The molecule has 0 radical (unpaired) electrons. The average Bonchev–Trinajstić information content (AvgIpc) is 3.22. The van der Waals surface area contributed by atoms with Crippen LogP contribution in [0.5, 0.6) is 0 Å². The van der Waals surface area contributed by atoms with Gasteiger partial charge in [-0.3, -0.25) is 4.79 Å². The van der Waals surface area contributed by atoms with E-state index in [2.05, 4.69) is 26.6 Å². The van der Waals surface area contributed by atoms with E-state index in [1.54, 1.807) is 158 Å². The second-order valence-corrected chi connectivity index (χ2v) is 20.4. The Bertz CT molecular complexity index is 3400. The van der Waals surface area contributed by atoms with Crippen LogP contribution in [0.15, 0.2) is 248 Å². The second kappa shape index (κ2) is 28.8. The van der Waals surface area contributed by atoms with Crippen LogP contribution in [0.2, 0.25) is 0 Å². The van der Waals surface area contributed by atoms with Gasteiger partial charge in [-0.15, -0.1) is 0 Å². The number of nitrogens with one attached hydrogen (secondary N) is 5. The number of anilines is 2.